The Kier molecular flexibility index (Phi) is 4.93. The molecular formula is C16H20N2O3S2. The number of aryl methyl sites for hydroxylation is 3. The fraction of sp³-hybridized carbons (Fsp3) is 0.312. The van der Waals surface area contributed by atoms with Crippen molar-refractivity contribution in [3.63, 3.8) is 0 Å². The number of thiophene rings is 1. The van der Waals surface area contributed by atoms with E-state index in [0.29, 0.717) is 10.6 Å². The molecule has 7 heteroatoms. The monoisotopic (exact) mass is 352 g/mol. The molecule has 0 radical (unpaired) electrons. The van der Waals surface area contributed by atoms with E-state index >= 15 is 0 Å². The molecular weight excluding hydrogens is 332 g/mol. The van der Waals surface area contributed by atoms with E-state index in [1.807, 2.05) is 26.8 Å². The Morgan fingerprint density at radius 3 is 2.26 bits per heavy atom. The highest BCUT2D eigenvalue weighted by Crippen LogP contribution is 2.25. The quantitative estimate of drug-likeness (QED) is 0.919. The minimum atomic E-state index is -3.53. The smallest absolute Gasteiger partial charge is 0.265 e. The molecule has 0 atom stereocenters. The van der Waals surface area contributed by atoms with Crippen LogP contribution >= 0.6 is 11.3 Å². The summed E-state index contributed by atoms with van der Waals surface area (Å²) < 4.78 is 25.6. The van der Waals surface area contributed by atoms with E-state index in [9.17, 15) is 13.2 Å². The number of nitrogens with zero attached hydrogens (tertiary/aromatic N) is 1. The lowest BCUT2D eigenvalue weighted by Gasteiger charge is -2.14. The molecule has 0 aliphatic rings. The second kappa shape index (κ2) is 6.43. The molecule has 0 spiro atoms. The second-order valence-electron chi connectivity index (χ2n) is 5.57. The Balaban J connectivity index is 2.35. The van der Waals surface area contributed by atoms with Crippen molar-refractivity contribution in [1.29, 1.82) is 0 Å². The summed E-state index contributed by atoms with van der Waals surface area (Å²) in [5.74, 6) is -0.228. The first-order valence-electron chi connectivity index (χ1n) is 7.04. The van der Waals surface area contributed by atoms with Gasteiger partial charge in [0.15, 0.2) is 0 Å². The zero-order chi connectivity index (χ0) is 17.4. The van der Waals surface area contributed by atoms with Crippen LogP contribution in [-0.4, -0.2) is 32.7 Å². The van der Waals surface area contributed by atoms with Crippen LogP contribution < -0.4 is 5.32 Å². The van der Waals surface area contributed by atoms with Crippen LogP contribution in [0.15, 0.2) is 29.2 Å². The molecule has 1 amide bonds. The van der Waals surface area contributed by atoms with Crippen LogP contribution in [0.2, 0.25) is 0 Å². The summed E-state index contributed by atoms with van der Waals surface area (Å²) in [6.07, 6.45) is 0. The molecule has 0 fully saturated rings. The number of hydrogen-bond acceptors (Lipinski definition) is 4. The molecule has 0 saturated heterocycles. The van der Waals surface area contributed by atoms with Gasteiger partial charge in [0.05, 0.1) is 9.77 Å². The topological polar surface area (TPSA) is 66.5 Å². The molecule has 1 aromatic heterocycles. The summed E-state index contributed by atoms with van der Waals surface area (Å²) in [6, 6.07) is 6.57. The maximum Gasteiger partial charge on any atom is 0.265 e. The summed E-state index contributed by atoms with van der Waals surface area (Å²) in [7, 11) is -0.581. The van der Waals surface area contributed by atoms with Gasteiger partial charge < -0.3 is 5.32 Å². The van der Waals surface area contributed by atoms with Gasteiger partial charge in [-0.1, -0.05) is 6.07 Å². The average molecular weight is 352 g/mol. The van der Waals surface area contributed by atoms with E-state index in [4.69, 9.17) is 0 Å². The van der Waals surface area contributed by atoms with Gasteiger partial charge in [-0.2, -0.15) is 0 Å². The van der Waals surface area contributed by atoms with Crippen LogP contribution in [0, 0.1) is 20.8 Å². The Morgan fingerprint density at radius 1 is 1.09 bits per heavy atom. The van der Waals surface area contributed by atoms with Crippen molar-refractivity contribution >= 4 is 33.0 Å². The molecule has 2 rings (SSSR count). The predicted molar refractivity (Wildman–Crippen MR) is 93.8 cm³/mol. The van der Waals surface area contributed by atoms with E-state index in [1.165, 1.54) is 31.5 Å². The lowest BCUT2D eigenvalue weighted by atomic mass is 10.2. The molecule has 0 aliphatic heterocycles. The van der Waals surface area contributed by atoms with Crippen LogP contribution in [0.4, 0.5) is 5.69 Å². The largest absolute Gasteiger partial charge is 0.321 e. The first kappa shape index (κ1) is 17.7. The van der Waals surface area contributed by atoms with E-state index in [1.54, 1.807) is 12.1 Å². The minimum Gasteiger partial charge on any atom is -0.321 e. The Labute approximate surface area is 141 Å². The molecule has 2 aromatic rings. The zero-order valence-electron chi connectivity index (χ0n) is 13.8. The summed E-state index contributed by atoms with van der Waals surface area (Å²) in [5.41, 5.74) is 2.38. The highest BCUT2D eigenvalue weighted by molar-refractivity contribution is 7.89. The van der Waals surface area contributed by atoms with Crippen LogP contribution in [0.25, 0.3) is 0 Å². The first-order chi connectivity index (χ1) is 10.6. The number of nitrogens with one attached hydrogen (secondary N) is 1. The lowest BCUT2D eigenvalue weighted by Crippen LogP contribution is -2.22. The zero-order valence-corrected chi connectivity index (χ0v) is 15.4. The van der Waals surface area contributed by atoms with Crippen LogP contribution in [0.5, 0.6) is 0 Å². The standard InChI is InChI=1S/C16H20N2O3S2/c1-10-6-7-13(23(20,21)18(4)5)9-14(10)17-16(19)15-8-11(2)12(3)22-15/h6-9H,1-5H3,(H,17,19). The number of hydrogen-bond donors (Lipinski definition) is 1. The van der Waals surface area contributed by atoms with Crippen molar-refractivity contribution in [2.75, 3.05) is 19.4 Å². The molecule has 124 valence electrons. The molecule has 0 unspecified atom stereocenters. The van der Waals surface area contributed by atoms with Gasteiger partial charge in [0.25, 0.3) is 5.91 Å². The van der Waals surface area contributed by atoms with Crippen LogP contribution in [-0.2, 0) is 10.0 Å². The van der Waals surface area contributed by atoms with Crippen molar-refractivity contribution < 1.29 is 13.2 Å². The summed E-state index contributed by atoms with van der Waals surface area (Å²) in [6.45, 7) is 5.75. The average Bonchev–Trinajstić information content (AvgIpc) is 2.80. The number of benzene rings is 1. The van der Waals surface area contributed by atoms with Gasteiger partial charge in [0, 0.05) is 24.7 Å². The molecule has 0 saturated carbocycles. The molecule has 23 heavy (non-hydrogen) atoms. The minimum absolute atomic E-state index is 0.155. The highest BCUT2D eigenvalue weighted by Gasteiger charge is 2.19. The van der Waals surface area contributed by atoms with Gasteiger partial charge in [-0.15, -0.1) is 11.3 Å². The maximum atomic E-state index is 12.4. The van der Waals surface area contributed by atoms with Gasteiger partial charge in [-0.3, -0.25) is 4.79 Å². The fourth-order valence-corrected chi connectivity index (χ4v) is 3.83. The lowest BCUT2D eigenvalue weighted by molar-refractivity contribution is 0.103. The molecule has 0 bridgehead atoms. The second-order valence-corrected chi connectivity index (χ2v) is 8.98. The van der Waals surface area contributed by atoms with E-state index in [0.717, 1.165) is 20.3 Å². The maximum absolute atomic E-state index is 12.4. The first-order valence-corrected chi connectivity index (χ1v) is 9.30. The Morgan fingerprint density at radius 2 is 1.74 bits per heavy atom. The third kappa shape index (κ3) is 3.63. The SMILES string of the molecule is Cc1ccc(S(=O)(=O)N(C)C)cc1NC(=O)c1cc(C)c(C)s1. The molecule has 5 nitrogen and oxygen atoms in total. The predicted octanol–water partition coefficient (Wildman–Crippen LogP) is 3.18. The van der Waals surface area contributed by atoms with Gasteiger partial charge >= 0.3 is 0 Å². The molecule has 1 N–H and O–H groups in total. The molecule has 1 aromatic carbocycles. The van der Waals surface area contributed by atoms with Crippen molar-refractivity contribution in [2.45, 2.75) is 25.7 Å². The van der Waals surface area contributed by atoms with Crippen LogP contribution in [0.3, 0.4) is 0 Å². The van der Waals surface area contributed by atoms with Gasteiger partial charge in [0.2, 0.25) is 10.0 Å². The molecule has 1 heterocycles. The summed E-state index contributed by atoms with van der Waals surface area (Å²) in [4.78, 5) is 14.2. The Hall–Kier alpha value is -1.70. The van der Waals surface area contributed by atoms with Gasteiger partial charge in [-0.05, 0) is 50.1 Å². The number of sulfonamides is 1. The number of rotatable bonds is 4. The number of anilines is 1. The highest BCUT2D eigenvalue weighted by atomic mass is 32.2. The van der Waals surface area contributed by atoms with E-state index in [2.05, 4.69) is 5.32 Å². The van der Waals surface area contributed by atoms with Gasteiger partial charge in [0.1, 0.15) is 0 Å². The van der Waals surface area contributed by atoms with Crippen molar-refractivity contribution in [2.24, 2.45) is 0 Å². The van der Waals surface area contributed by atoms with Crippen molar-refractivity contribution in [1.82, 2.24) is 4.31 Å². The number of carbonyl (C=O) groups excluding carboxylic acids is 1. The van der Waals surface area contributed by atoms with Crippen LogP contribution in [0.1, 0.15) is 25.7 Å². The van der Waals surface area contributed by atoms with Gasteiger partial charge in [-0.25, -0.2) is 12.7 Å². The third-order valence-electron chi connectivity index (χ3n) is 3.63. The number of carbonyl (C=O) groups is 1. The Bertz CT molecular complexity index is 833. The molecule has 0 aliphatic carbocycles. The van der Waals surface area contributed by atoms with Crippen molar-refractivity contribution in [3.8, 4) is 0 Å². The summed E-state index contributed by atoms with van der Waals surface area (Å²) >= 11 is 1.42. The summed E-state index contributed by atoms with van der Waals surface area (Å²) in [5, 5.41) is 2.81. The number of amides is 1. The normalized spacial score (nSPS) is 11.7. The van der Waals surface area contributed by atoms with E-state index < -0.39 is 10.0 Å². The van der Waals surface area contributed by atoms with Crippen molar-refractivity contribution in [3.05, 3.63) is 45.1 Å². The third-order valence-corrected chi connectivity index (χ3v) is 6.59. The van der Waals surface area contributed by atoms with E-state index in [-0.39, 0.29) is 10.8 Å². The fourth-order valence-electron chi connectivity index (χ4n) is 1.98.